The third-order valence-corrected chi connectivity index (χ3v) is 5.07. The lowest BCUT2D eigenvalue weighted by molar-refractivity contribution is 0.574. The van der Waals surface area contributed by atoms with Crippen LogP contribution < -0.4 is 11.3 Å². The Bertz CT molecular complexity index is 1100. The molecular formula is C20H17ClN4O. The van der Waals surface area contributed by atoms with Crippen molar-refractivity contribution in [2.24, 2.45) is 11.7 Å². The predicted molar refractivity (Wildman–Crippen MR) is 101 cm³/mol. The molecule has 130 valence electrons. The fourth-order valence-electron chi connectivity index (χ4n) is 3.24. The molecular weight excluding hydrogens is 348 g/mol. The normalized spacial score (nSPS) is 15.0. The summed E-state index contributed by atoms with van der Waals surface area (Å²) in [5.74, 6) is 0.883. The van der Waals surface area contributed by atoms with E-state index in [4.69, 9.17) is 27.6 Å². The first-order chi connectivity index (χ1) is 12.6. The van der Waals surface area contributed by atoms with Crippen LogP contribution in [0.2, 0.25) is 5.02 Å². The van der Waals surface area contributed by atoms with Gasteiger partial charge in [-0.1, -0.05) is 29.8 Å². The zero-order chi connectivity index (χ0) is 18.3. The second-order valence-electron chi connectivity index (χ2n) is 6.61. The maximum Gasteiger partial charge on any atom is 0.267 e. The van der Waals surface area contributed by atoms with Crippen molar-refractivity contribution in [3.05, 3.63) is 69.2 Å². The average Bonchev–Trinajstić information content (AvgIpc) is 3.46. The molecule has 1 aliphatic carbocycles. The molecule has 1 atom stereocenters. The van der Waals surface area contributed by atoms with Crippen molar-refractivity contribution in [3.63, 3.8) is 0 Å². The lowest BCUT2D eigenvalue weighted by Gasteiger charge is -2.19. The molecule has 1 aromatic heterocycles. The Hall–Kier alpha value is -2.68. The third-order valence-electron chi connectivity index (χ3n) is 4.75. The molecule has 6 heteroatoms. The van der Waals surface area contributed by atoms with Crippen molar-refractivity contribution >= 4 is 22.5 Å². The quantitative estimate of drug-likeness (QED) is 0.767. The van der Waals surface area contributed by atoms with E-state index in [1.54, 1.807) is 22.8 Å². The van der Waals surface area contributed by atoms with Crippen molar-refractivity contribution in [2.45, 2.75) is 25.3 Å². The Labute approximate surface area is 155 Å². The molecule has 2 N–H and O–H groups in total. The van der Waals surface area contributed by atoms with Gasteiger partial charge in [-0.2, -0.15) is 5.26 Å². The van der Waals surface area contributed by atoms with E-state index >= 15 is 0 Å². The van der Waals surface area contributed by atoms with Gasteiger partial charge in [0.25, 0.3) is 5.56 Å². The molecule has 0 saturated heterocycles. The largest absolute Gasteiger partial charge is 0.321 e. The molecule has 1 fully saturated rings. The van der Waals surface area contributed by atoms with Crippen LogP contribution in [0.25, 0.3) is 16.6 Å². The van der Waals surface area contributed by atoms with E-state index < -0.39 is 0 Å². The highest BCUT2D eigenvalue weighted by Gasteiger charge is 2.33. The molecule has 0 unspecified atom stereocenters. The van der Waals surface area contributed by atoms with E-state index in [1.165, 1.54) is 0 Å². The minimum atomic E-state index is -0.314. The van der Waals surface area contributed by atoms with Crippen molar-refractivity contribution in [1.82, 2.24) is 9.55 Å². The van der Waals surface area contributed by atoms with E-state index in [2.05, 4.69) is 6.07 Å². The summed E-state index contributed by atoms with van der Waals surface area (Å²) in [6.07, 6.45) is 2.35. The van der Waals surface area contributed by atoms with Gasteiger partial charge in [0.15, 0.2) is 0 Å². The smallest absolute Gasteiger partial charge is 0.267 e. The number of hydrogen-bond donors (Lipinski definition) is 1. The molecule has 0 amide bonds. The minimum absolute atomic E-state index is 0.235. The van der Waals surface area contributed by atoms with Crippen LogP contribution in [0, 0.1) is 17.2 Å². The van der Waals surface area contributed by atoms with Gasteiger partial charge >= 0.3 is 0 Å². The summed E-state index contributed by atoms with van der Waals surface area (Å²) < 4.78 is 1.55. The van der Waals surface area contributed by atoms with Gasteiger partial charge < -0.3 is 5.73 Å². The number of nitriles is 1. The molecule has 1 saturated carbocycles. The third kappa shape index (κ3) is 2.88. The number of halogens is 1. The SMILES string of the molecule is N#CCc1cccc(-n2c([C@@H](N)C3CC3)nc3cccc(Cl)c3c2=O)c1. The van der Waals surface area contributed by atoms with Crippen LogP contribution in [0.15, 0.2) is 47.3 Å². The van der Waals surface area contributed by atoms with E-state index in [0.29, 0.717) is 33.4 Å². The second-order valence-corrected chi connectivity index (χ2v) is 7.02. The van der Waals surface area contributed by atoms with Crippen molar-refractivity contribution in [3.8, 4) is 11.8 Å². The van der Waals surface area contributed by atoms with E-state index in [-0.39, 0.29) is 18.0 Å². The van der Waals surface area contributed by atoms with Crippen LogP contribution >= 0.6 is 11.6 Å². The second kappa shape index (κ2) is 6.56. The Kier molecular flexibility index (Phi) is 4.23. The number of aromatic nitrogens is 2. The van der Waals surface area contributed by atoms with Crippen LogP contribution in [0.4, 0.5) is 0 Å². The first-order valence-corrected chi connectivity index (χ1v) is 8.91. The van der Waals surface area contributed by atoms with Crippen LogP contribution in [-0.4, -0.2) is 9.55 Å². The number of hydrogen-bond acceptors (Lipinski definition) is 4. The monoisotopic (exact) mass is 364 g/mol. The number of fused-ring (bicyclic) bond motifs is 1. The van der Waals surface area contributed by atoms with E-state index in [9.17, 15) is 4.79 Å². The molecule has 1 heterocycles. The van der Waals surface area contributed by atoms with Gasteiger partial charge in [-0.3, -0.25) is 9.36 Å². The molecule has 0 aliphatic heterocycles. The molecule has 3 aromatic rings. The van der Waals surface area contributed by atoms with Gasteiger partial charge in [0, 0.05) is 0 Å². The molecule has 1 aliphatic rings. The fourth-order valence-corrected chi connectivity index (χ4v) is 3.49. The van der Waals surface area contributed by atoms with Gasteiger partial charge in [0.1, 0.15) is 5.82 Å². The first-order valence-electron chi connectivity index (χ1n) is 8.53. The van der Waals surface area contributed by atoms with Gasteiger partial charge in [0.05, 0.1) is 40.1 Å². The molecule has 4 rings (SSSR count). The van der Waals surface area contributed by atoms with Crippen LogP contribution in [0.1, 0.15) is 30.3 Å². The Balaban J connectivity index is 2.02. The number of rotatable bonds is 4. The molecule has 5 nitrogen and oxygen atoms in total. The lowest BCUT2D eigenvalue weighted by Crippen LogP contribution is -2.29. The molecule has 2 aromatic carbocycles. The zero-order valence-corrected chi connectivity index (χ0v) is 14.8. The fraction of sp³-hybridized carbons (Fsp3) is 0.250. The summed E-state index contributed by atoms with van der Waals surface area (Å²) >= 11 is 6.28. The average molecular weight is 365 g/mol. The summed E-state index contributed by atoms with van der Waals surface area (Å²) in [6, 6.07) is 14.4. The highest BCUT2D eigenvalue weighted by Crippen LogP contribution is 2.39. The number of nitrogens with zero attached hydrogens (tertiary/aromatic N) is 3. The summed E-state index contributed by atoms with van der Waals surface area (Å²) in [5.41, 5.74) is 8.23. The minimum Gasteiger partial charge on any atom is -0.321 e. The predicted octanol–water partition coefficient (Wildman–Crippen LogP) is 3.51. The van der Waals surface area contributed by atoms with Gasteiger partial charge in [-0.25, -0.2) is 4.98 Å². The molecule has 0 bridgehead atoms. The van der Waals surface area contributed by atoms with Crippen LogP contribution in [-0.2, 0) is 6.42 Å². The Morgan fingerprint density at radius 2 is 2.08 bits per heavy atom. The zero-order valence-electron chi connectivity index (χ0n) is 14.0. The van der Waals surface area contributed by atoms with Crippen molar-refractivity contribution in [1.29, 1.82) is 5.26 Å². The number of benzene rings is 2. The first kappa shape index (κ1) is 16.8. The molecule has 0 radical (unpaired) electrons. The summed E-state index contributed by atoms with van der Waals surface area (Å²) in [5, 5.41) is 9.72. The standard InChI is InChI=1S/C20H17ClN4O/c21-15-5-2-6-16-17(15)20(26)25(19(24-16)18(23)13-7-8-13)14-4-1-3-12(11-14)9-10-22/h1-6,11,13,18H,7-9,23H2/t18-/m0/s1. The van der Waals surface area contributed by atoms with E-state index in [1.807, 2.05) is 24.3 Å². The summed E-state index contributed by atoms with van der Waals surface area (Å²) in [4.78, 5) is 18.0. The topological polar surface area (TPSA) is 84.7 Å². The summed E-state index contributed by atoms with van der Waals surface area (Å²) in [7, 11) is 0. The highest BCUT2D eigenvalue weighted by atomic mass is 35.5. The maximum atomic E-state index is 13.3. The van der Waals surface area contributed by atoms with E-state index in [0.717, 1.165) is 18.4 Å². The Morgan fingerprint density at radius 1 is 1.31 bits per heavy atom. The van der Waals surface area contributed by atoms with Gasteiger partial charge in [-0.05, 0) is 48.6 Å². The maximum absolute atomic E-state index is 13.3. The van der Waals surface area contributed by atoms with Crippen molar-refractivity contribution in [2.75, 3.05) is 0 Å². The van der Waals surface area contributed by atoms with Gasteiger partial charge in [-0.15, -0.1) is 0 Å². The van der Waals surface area contributed by atoms with Gasteiger partial charge in [0.2, 0.25) is 0 Å². The summed E-state index contributed by atoms with van der Waals surface area (Å²) in [6.45, 7) is 0. The van der Waals surface area contributed by atoms with Crippen LogP contribution in [0.5, 0.6) is 0 Å². The molecule has 26 heavy (non-hydrogen) atoms. The molecule has 0 spiro atoms. The van der Waals surface area contributed by atoms with Crippen LogP contribution in [0.3, 0.4) is 0 Å². The highest BCUT2D eigenvalue weighted by molar-refractivity contribution is 6.35. The van der Waals surface area contributed by atoms with Crippen molar-refractivity contribution < 1.29 is 0 Å². The Morgan fingerprint density at radius 3 is 2.81 bits per heavy atom. The lowest BCUT2D eigenvalue weighted by atomic mass is 10.1. The number of nitrogens with two attached hydrogens (primary N) is 1.